The molecule has 2 fully saturated rings. The number of nitrogens with one attached hydrogen (secondary N) is 1. The molecule has 0 radical (unpaired) electrons. The van der Waals surface area contributed by atoms with Crippen LogP contribution in [0.15, 0.2) is 0 Å². The maximum atomic E-state index is 12.5. The van der Waals surface area contributed by atoms with Gasteiger partial charge < -0.3 is 5.32 Å². The van der Waals surface area contributed by atoms with Crippen LogP contribution >= 0.6 is 0 Å². The van der Waals surface area contributed by atoms with Crippen LogP contribution in [0.2, 0.25) is 0 Å². The molecule has 11 heavy (non-hydrogen) atoms. The van der Waals surface area contributed by atoms with Gasteiger partial charge in [-0.1, -0.05) is 0 Å². The molecule has 0 bridgehead atoms. The number of alkyl halides is 2. The number of rotatable bonds is 0. The van der Waals surface area contributed by atoms with Crippen molar-refractivity contribution >= 4 is 0 Å². The maximum Gasteiger partial charge on any atom is 0.249 e. The van der Waals surface area contributed by atoms with Gasteiger partial charge >= 0.3 is 0 Å². The first-order valence-electron chi connectivity index (χ1n) is 4.21. The summed E-state index contributed by atoms with van der Waals surface area (Å²) < 4.78 is 25.1. The van der Waals surface area contributed by atoms with Crippen LogP contribution in [0.25, 0.3) is 0 Å². The normalized spacial score (nSPS) is 33.3. The summed E-state index contributed by atoms with van der Waals surface area (Å²) in [7, 11) is 0. The summed E-state index contributed by atoms with van der Waals surface area (Å²) in [6.45, 7) is 1.82. The Morgan fingerprint density at radius 2 is 1.91 bits per heavy atom. The van der Waals surface area contributed by atoms with E-state index in [1.54, 1.807) is 0 Å². The molecule has 3 heteroatoms. The molecule has 0 aromatic carbocycles. The van der Waals surface area contributed by atoms with Gasteiger partial charge in [-0.15, -0.1) is 0 Å². The van der Waals surface area contributed by atoms with Crippen LogP contribution in [0.4, 0.5) is 8.78 Å². The molecule has 0 amide bonds. The zero-order valence-electron chi connectivity index (χ0n) is 6.50. The zero-order valence-corrected chi connectivity index (χ0v) is 6.50. The van der Waals surface area contributed by atoms with Crippen molar-refractivity contribution in [2.24, 2.45) is 5.41 Å². The molecule has 64 valence electrons. The molecule has 1 saturated carbocycles. The van der Waals surface area contributed by atoms with Gasteiger partial charge in [0.2, 0.25) is 5.92 Å². The van der Waals surface area contributed by atoms with E-state index in [0.717, 1.165) is 25.9 Å². The van der Waals surface area contributed by atoms with Crippen molar-refractivity contribution in [1.29, 1.82) is 0 Å². The van der Waals surface area contributed by atoms with Crippen molar-refractivity contribution < 1.29 is 8.78 Å². The van der Waals surface area contributed by atoms with E-state index in [9.17, 15) is 8.78 Å². The van der Waals surface area contributed by atoms with Gasteiger partial charge in [0.25, 0.3) is 0 Å². The van der Waals surface area contributed by atoms with Gasteiger partial charge in [-0.05, 0) is 24.8 Å². The van der Waals surface area contributed by atoms with Crippen molar-refractivity contribution in [3.8, 4) is 0 Å². The molecule has 2 aliphatic rings. The van der Waals surface area contributed by atoms with Crippen LogP contribution in [-0.4, -0.2) is 19.0 Å². The predicted octanol–water partition coefficient (Wildman–Crippen LogP) is 1.79. The van der Waals surface area contributed by atoms with Gasteiger partial charge in [0.05, 0.1) is 0 Å². The molecule has 1 saturated heterocycles. The molecule has 0 unspecified atom stereocenters. The highest BCUT2D eigenvalue weighted by Gasteiger charge is 2.56. The second kappa shape index (κ2) is 2.16. The summed E-state index contributed by atoms with van der Waals surface area (Å²) in [6.07, 6.45) is 2.30. The van der Waals surface area contributed by atoms with E-state index in [-0.39, 0.29) is 18.3 Å². The topological polar surface area (TPSA) is 12.0 Å². The molecule has 2 rings (SSSR count). The molecule has 0 atom stereocenters. The van der Waals surface area contributed by atoms with Crippen LogP contribution in [0.1, 0.15) is 25.7 Å². The van der Waals surface area contributed by atoms with Gasteiger partial charge in [-0.3, -0.25) is 0 Å². The molecular weight excluding hydrogens is 148 g/mol. The van der Waals surface area contributed by atoms with Crippen molar-refractivity contribution in [1.82, 2.24) is 5.32 Å². The van der Waals surface area contributed by atoms with E-state index in [2.05, 4.69) is 5.32 Å². The Morgan fingerprint density at radius 1 is 1.18 bits per heavy atom. The molecule has 0 aromatic heterocycles. The lowest BCUT2D eigenvalue weighted by Gasteiger charge is -2.49. The molecule has 1 spiro atoms. The van der Waals surface area contributed by atoms with E-state index in [1.165, 1.54) is 0 Å². The minimum absolute atomic E-state index is 0.0260. The monoisotopic (exact) mass is 161 g/mol. The third-order valence-electron chi connectivity index (χ3n) is 2.83. The fraction of sp³-hybridized carbons (Fsp3) is 1.00. The van der Waals surface area contributed by atoms with Crippen molar-refractivity contribution in [3.63, 3.8) is 0 Å². The number of halogens is 2. The van der Waals surface area contributed by atoms with Crippen LogP contribution < -0.4 is 5.32 Å². The van der Waals surface area contributed by atoms with Crippen LogP contribution in [-0.2, 0) is 0 Å². The summed E-state index contributed by atoms with van der Waals surface area (Å²) in [5, 5.41) is 3.18. The molecular formula is C8H13F2N. The lowest BCUT2D eigenvalue weighted by atomic mass is 9.62. The lowest BCUT2D eigenvalue weighted by Crippen LogP contribution is -2.54. The molecule has 0 aromatic rings. The summed E-state index contributed by atoms with van der Waals surface area (Å²) in [5.41, 5.74) is -0.0260. The molecule has 1 nitrogen and oxygen atoms in total. The third-order valence-corrected chi connectivity index (χ3v) is 2.83. The second-order valence-corrected chi connectivity index (χ2v) is 3.99. The standard InChI is InChI=1S/C8H13F2N/c9-8(10)4-7(5-8)2-1-3-11-6-7/h11H,1-6H2. The fourth-order valence-electron chi connectivity index (χ4n) is 2.38. The highest BCUT2D eigenvalue weighted by Crippen LogP contribution is 2.54. The first-order valence-corrected chi connectivity index (χ1v) is 4.21. The van der Waals surface area contributed by atoms with Crippen LogP contribution in [0.3, 0.4) is 0 Å². The Balaban J connectivity index is 1.94. The van der Waals surface area contributed by atoms with Crippen LogP contribution in [0, 0.1) is 5.41 Å². The van der Waals surface area contributed by atoms with Gasteiger partial charge in [0.1, 0.15) is 0 Å². The number of hydrogen-bond donors (Lipinski definition) is 1. The van der Waals surface area contributed by atoms with Crippen LogP contribution in [0.5, 0.6) is 0 Å². The molecule has 1 N–H and O–H groups in total. The lowest BCUT2D eigenvalue weighted by molar-refractivity contribution is -0.166. The highest BCUT2D eigenvalue weighted by atomic mass is 19.3. The minimum atomic E-state index is -2.35. The molecule has 1 heterocycles. The van der Waals surface area contributed by atoms with E-state index < -0.39 is 5.92 Å². The van der Waals surface area contributed by atoms with E-state index in [4.69, 9.17) is 0 Å². The van der Waals surface area contributed by atoms with E-state index in [1.807, 2.05) is 0 Å². The Labute approximate surface area is 65.2 Å². The van der Waals surface area contributed by atoms with Gasteiger partial charge in [0, 0.05) is 19.4 Å². The van der Waals surface area contributed by atoms with Gasteiger partial charge in [-0.25, -0.2) is 8.78 Å². The first-order chi connectivity index (χ1) is 5.12. The fourth-order valence-corrected chi connectivity index (χ4v) is 2.38. The molecule has 1 aliphatic heterocycles. The predicted molar refractivity (Wildman–Crippen MR) is 38.7 cm³/mol. The third kappa shape index (κ3) is 1.26. The largest absolute Gasteiger partial charge is 0.316 e. The minimum Gasteiger partial charge on any atom is -0.316 e. The summed E-state index contributed by atoms with van der Waals surface area (Å²) in [6, 6.07) is 0. The van der Waals surface area contributed by atoms with Crippen molar-refractivity contribution in [2.45, 2.75) is 31.6 Å². The summed E-state index contributed by atoms with van der Waals surface area (Å²) in [4.78, 5) is 0. The Kier molecular flexibility index (Phi) is 1.46. The quantitative estimate of drug-likeness (QED) is 0.571. The molecule has 1 aliphatic carbocycles. The number of hydrogen-bond acceptors (Lipinski definition) is 1. The van der Waals surface area contributed by atoms with Crippen molar-refractivity contribution in [2.75, 3.05) is 13.1 Å². The number of piperidine rings is 1. The Bertz CT molecular complexity index is 151. The van der Waals surface area contributed by atoms with Crippen molar-refractivity contribution in [3.05, 3.63) is 0 Å². The summed E-state index contributed by atoms with van der Waals surface area (Å²) in [5.74, 6) is -2.35. The van der Waals surface area contributed by atoms with Gasteiger partial charge in [0.15, 0.2) is 0 Å². The summed E-state index contributed by atoms with van der Waals surface area (Å²) >= 11 is 0. The Morgan fingerprint density at radius 3 is 2.36 bits per heavy atom. The SMILES string of the molecule is FC1(F)CC2(CCCNC2)C1. The Hall–Kier alpha value is -0.180. The van der Waals surface area contributed by atoms with E-state index >= 15 is 0 Å². The average Bonchev–Trinajstić information content (AvgIpc) is 1.85. The van der Waals surface area contributed by atoms with Gasteiger partial charge in [-0.2, -0.15) is 0 Å². The zero-order chi connectivity index (χ0) is 7.95. The van der Waals surface area contributed by atoms with E-state index in [0.29, 0.717) is 0 Å². The maximum absolute atomic E-state index is 12.5. The second-order valence-electron chi connectivity index (χ2n) is 3.99. The highest BCUT2D eigenvalue weighted by molar-refractivity contribution is 5.01. The average molecular weight is 161 g/mol. The smallest absolute Gasteiger partial charge is 0.249 e. The first kappa shape index (κ1) is 7.47.